The van der Waals surface area contributed by atoms with E-state index in [2.05, 4.69) is 12.2 Å². The second kappa shape index (κ2) is 7.36. The van der Waals surface area contributed by atoms with E-state index in [1.54, 1.807) is 0 Å². The van der Waals surface area contributed by atoms with Crippen LogP contribution >= 0.6 is 11.6 Å². The van der Waals surface area contributed by atoms with Gasteiger partial charge in [-0.05, 0) is 26.4 Å². The molecule has 2 heteroatoms. The number of alkyl halides is 1. The van der Waals surface area contributed by atoms with Crippen molar-refractivity contribution in [1.82, 2.24) is 5.32 Å². The lowest BCUT2D eigenvalue weighted by molar-refractivity contribution is 0.618. The van der Waals surface area contributed by atoms with Crippen molar-refractivity contribution in [2.45, 2.75) is 38.0 Å². The van der Waals surface area contributed by atoms with Gasteiger partial charge in [-0.3, -0.25) is 0 Å². The topological polar surface area (TPSA) is 12.0 Å². The van der Waals surface area contributed by atoms with Crippen molar-refractivity contribution in [1.29, 1.82) is 0 Å². The predicted molar refractivity (Wildman–Crippen MR) is 47.7 cm³/mol. The van der Waals surface area contributed by atoms with E-state index in [1.807, 2.05) is 7.05 Å². The third-order valence-corrected chi connectivity index (χ3v) is 2.01. The van der Waals surface area contributed by atoms with Crippen LogP contribution in [0.2, 0.25) is 0 Å². The molecule has 0 aliphatic rings. The monoisotopic (exact) mass is 163 g/mol. The van der Waals surface area contributed by atoms with Crippen LogP contribution in [0.25, 0.3) is 0 Å². The molecule has 0 saturated heterocycles. The van der Waals surface area contributed by atoms with Gasteiger partial charge in [0, 0.05) is 5.38 Å². The Labute approximate surface area is 69.1 Å². The van der Waals surface area contributed by atoms with Crippen LogP contribution in [-0.4, -0.2) is 19.0 Å². The lowest BCUT2D eigenvalue weighted by atomic mass is 10.1. The van der Waals surface area contributed by atoms with Gasteiger partial charge in [0.1, 0.15) is 0 Å². The fourth-order valence-corrected chi connectivity index (χ4v) is 1.13. The fraction of sp³-hybridized carbons (Fsp3) is 1.00. The van der Waals surface area contributed by atoms with E-state index in [-0.39, 0.29) is 0 Å². The Morgan fingerprint density at radius 1 is 1.40 bits per heavy atom. The van der Waals surface area contributed by atoms with Gasteiger partial charge >= 0.3 is 0 Å². The van der Waals surface area contributed by atoms with Crippen molar-refractivity contribution in [2.75, 3.05) is 13.6 Å². The second-order valence-electron chi connectivity index (χ2n) is 2.63. The van der Waals surface area contributed by atoms with Crippen molar-refractivity contribution < 1.29 is 0 Å². The summed E-state index contributed by atoms with van der Waals surface area (Å²) >= 11 is 6.00. The third kappa shape index (κ3) is 6.37. The fourth-order valence-electron chi connectivity index (χ4n) is 0.871. The molecule has 0 amide bonds. The first-order chi connectivity index (χ1) is 4.81. The molecule has 0 radical (unpaired) electrons. The van der Waals surface area contributed by atoms with Crippen molar-refractivity contribution in [3.05, 3.63) is 0 Å². The lowest BCUT2D eigenvalue weighted by Crippen LogP contribution is -2.12. The van der Waals surface area contributed by atoms with Crippen molar-refractivity contribution >= 4 is 11.6 Å². The molecular weight excluding hydrogens is 146 g/mol. The Morgan fingerprint density at radius 2 is 2.10 bits per heavy atom. The van der Waals surface area contributed by atoms with Gasteiger partial charge in [0.15, 0.2) is 0 Å². The largest absolute Gasteiger partial charge is 0.320 e. The van der Waals surface area contributed by atoms with Gasteiger partial charge in [-0.1, -0.05) is 19.8 Å². The number of halogens is 1. The van der Waals surface area contributed by atoms with Crippen LogP contribution in [0.15, 0.2) is 0 Å². The predicted octanol–water partition coefficient (Wildman–Crippen LogP) is 2.39. The molecule has 0 aromatic carbocycles. The summed E-state index contributed by atoms with van der Waals surface area (Å²) in [5, 5.41) is 3.47. The van der Waals surface area contributed by atoms with Crippen molar-refractivity contribution in [2.24, 2.45) is 0 Å². The molecule has 0 saturated carbocycles. The molecule has 62 valence electrons. The van der Waals surface area contributed by atoms with Crippen molar-refractivity contribution in [3.63, 3.8) is 0 Å². The van der Waals surface area contributed by atoms with Crippen LogP contribution in [0.5, 0.6) is 0 Å². The number of nitrogens with one attached hydrogen (secondary N) is 1. The molecule has 1 nitrogen and oxygen atoms in total. The van der Waals surface area contributed by atoms with Gasteiger partial charge in [0.2, 0.25) is 0 Å². The van der Waals surface area contributed by atoms with Gasteiger partial charge < -0.3 is 5.32 Å². The molecule has 0 aliphatic heterocycles. The van der Waals surface area contributed by atoms with Gasteiger partial charge in [-0.25, -0.2) is 0 Å². The van der Waals surface area contributed by atoms with E-state index in [4.69, 9.17) is 11.6 Å². The minimum atomic E-state index is 0.382. The summed E-state index contributed by atoms with van der Waals surface area (Å²) in [6.45, 7) is 3.24. The van der Waals surface area contributed by atoms with Crippen LogP contribution < -0.4 is 5.32 Å². The maximum absolute atomic E-state index is 6.00. The van der Waals surface area contributed by atoms with E-state index < -0.39 is 0 Å². The summed E-state index contributed by atoms with van der Waals surface area (Å²) in [6.07, 6.45) is 4.78. The normalized spacial score (nSPS) is 13.5. The Bertz CT molecular complexity index is 58.3. The van der Waals surface area contributed by atoms with Gasteiger partial charge in [0.25, 0.3) is 0 Å². The molecule has 10 heavy (non-hydrogen) atoms. The summed E-state index contributed by atoms with van der Waals surface area (Å²) in [7, 11) is 1.96. The summed E-state index contributed by atoms with van der Waals surface area (Å²) < 4.78 is 0. The molecule has 0 aromatic heterocycles. The Balaban J connectivity index is 3.00. The Kier molecular flexibility index (Phi) is 7.54. The summed E-state index contributed by atoms with van der Waals surface area (Å²) in [5.41, 5.74) is 0. The maximum atomic E-state index is 6.00. The number of rotatable bonds is 6. The Morgan fingerprint density at radius 3 is 2.60 bits per heavy atom. The molecule has 1 unspecified atom stereocenters. The highest BCUT2D eigenvalue weighted by Crippen LogP contribution is 2.10. The van der Waals surface area contributed by atoms with Crippen molar-refractivity contribution in [3.8, 4) is 0 Å². The SMILES string of the molecule is CCCCC(Cl)CCNC. The quantitative estimate of drug-likeness (QED) is 0.593. The zero-order chi connectivity index (χ0) is 7.82. The molecule has 0 spiro atoms. The molecule has 1 N–H and O–H groups in total. The van der Waals surface area contributed by atoms with Crippen LogP contribution in [-0.2, 0) is 0 Å². The first kappa shape index (κ1) is 10.2. The minimum Gasteiger partial charge on any atom is -0.320 e. The summed E-state index contributed by atoms with van der Waals surface area (Å²) in [5.74, 6) is 0. The second-order valence-corrected chi connectivity index (χ2v) is 3.25. The number of hydrogen-bond acceptors (Lipinski definition) is 1. The van der Waals surface area contributed by atoms with E-state index >= 15 is 0 Å². The summed E-state index contributed by atoms with van der Waals surface area (Å²) in [6, 6.07) is 0. The third-order valence-electron chi connectivity index (χ3n) is 1.58. The van der Waals surface area contributed by atoms with Crippen LogP contribution in [0.4, 0.5) is 0 Å². The van der Waals surface area contributed by atoms with E-state index in [0.717, 1.165) is 13.0 Å². The zero-order valence-electron chi connectivity index (χ0n) is 6.99. The smallest absolute Gasteiger partial charge is 0.0348 e. The van der Waals surface area contributed by atoms with Gasteiger partial charge in [-0.15, -0.1) is 11.6 Å². The highest BCUT2D eigenvalue weighted by Gasteiger charge is 2.01. The first-order valence-corrected chi connectivity index (χ1v) is 4.53. The Hall–Kier alpha value is 0.250. The molecule has 0 bridgehead atoms. The van der Waals surface area contributed by atoms with Gasteiger partial charge in [-0.2, -0.15) is 0 Å². The molecule has 0 rings (SSSR count). The zero-order valence-corrected chi connectivity index (χ0v) is 7.75. The molecule has 0 aromatic rings. The highest BCUT2D eigenvalue weighted by atomic mass is 35.5. The standard InChI is InChI=1S/C8H18ClN/c1-3-4-5-8(9)6-7-10-2/h8,10H,3-7H2,1-2H3. The average molecular weight is 164 g/mol. The molecule has 1 atom stereocenters. The van der Waals surface area contributed by atoms with Crippen LogP contribution in [0, 0.1) is 0 Å². The molecule has 0 heterocycles. The average Bonchev–Trinajstić information content (AvgIpc) is 1.97. The summed E-state index contributed by atoms with van der Waals surface area (Å²) in [4.78, 5) is 0. The van der Waals surface area contributed by atoms with E-state index in [1.165, 1.54) is 19.3 Å². The first-order valence-electron chi connectivity index (χ1n) is 4.10. The molecule has 0 fully saturated rings. The van der Waals surface area contributed by atoms with Crippen LogP contribution in [0.3, 0.4) is 0 Å². The minimum absolute atomic E-state index is 0.382. The molecule has 0 aliphatic carbocycles. The number of hydrogen-bond donors (Lipinski definition) is 1. The van der Waals surface area contributed by atoms with Gasteiger partial charge in [0.05, 0.1) is 0 Å². The number of unbranched alkanes of at least 4 members (excludes halogenated alkanes) is 1. The molecular formula is C8H18ClN. The highest BCUT2D eigenvalue weighted by molar-refractivity contribution is 6.20. The van der Waals surface area contributed by atoms with E-state index in [0.29, 0.717) is 5.38 Å². The van der Waals surface area contributed by atoms with E-state index in [9.17, 15) is 0 Å². The van der Waals surface area contributed by atoms with Crippen LogP contribution in [0.1, 0.15) is 32.6 Å². The lowest BCUT2D eigenvalue weighted by Gasteiger charge is -2.06. The maximum Gasteiger partial charge on any atom is 0.0348 e.